The van der Waals surface area contributed by atoms with Gasteiger partial charge in [-0.1, -0.05) is 287 Å². The smallest absolute Gasteiger partial charge is 0.249 e. The monoisotopic (exact) mass is 998 g/mol. The minimum absolute atomic E-state index is 0.360. The fraction of sp³-hybridized carbons (Fsp3) is 0.862. The van der Waals surface area contributed by atoms with Crippen molar-refractivity contribution in [1.82, 2.24) is 5.32 Å². The predicted octanol–water partition coefficient (Wildman–Crippen LogP) is 18.9. The summed E-state index contributed by atoms with van der Waals surface area (Å²) >= 11 is 0. The lowest BCUT2D eigenvalue weighted by Gasteiger charge is -2.27. The van der Waals surface area contributed by atoms with Gasteiger partial charge in [0.1, 0.15) is 12.2 Å². The zero-order valence-corrected chi connectivity index (χ0v) is 47.5. The van der Waals surface area contributed by atoms with Crippen LogP contribution < -0.4 is 5.32 Å². The molecule has 4 unspecified atom stereocenters. The summed E-state index contributed by atoms with van der Waals surface area (Å²) in [6, 6.07) is -1.01. The van der Waals surface area contributed by atoms with Crippen LogP contribution in [0.5, 0.6) is 0 Å². The summed E-state index contributed by atoms with van der Waals surface area (Å²) in [4.78, 5) is 12.6. The maximum Gasteiger partial charge on any atom is 0.249 e. The van der Waals surface area contributed by atoms with E-state index in [-0.39, 0.29) is 0 Å². The standard InChI is InChI=1S/C65H123NO5/c1-3-5-7-9-11-13-15-17-19-21-22-23-24-25-26-27-28-29-30-31-32-33-34-35-36-37-38-39-40-41-43-45-47-49-51-53-55-57-59-63(69)65(71)66-61(60-67)64(70)62(68)58-56-54-52-50-48-46-44-42-20-18-16-14-12-10-8-6-4-2/h14,16,31-32,42,44,50,52,61-64,67-70H,3-13,15,17-30,33-41,43,45-49,51,53-60H2,1-2H3,(H,66,71)/b16-14+,32-31-,44-42+,52-50+. The van der Waals surface area contributed by atoms with Crippen molar-refractivity contribution in [3.05, 3.63) is 48.6 Å². The Hall–Kier alpha value is -1.73. The van der Waals surface area contributed by atoms with Crippen LogP contribution in [0, 0.1) is 0 Å². The number of aliphatic hydroxyl groups is 4. The summed E-state index contributed by atoms with van der Waals surface area (Å²) in [5.41, 5.74) is 0. The molecule has 6 heteroatoms. The number of amides is 1. The first-order valence-electron chi connectivity index (χ1n) is 31.5. The third-order valence-corrected chi connectivity index (χ3v) is 14.7. The van der Waals surface area contributed by atoms with Gasteiger partial charge in [-0.15, -0.1) is 0 Å². The van der Waals surface area contributed by atoms with Crippen LogP contribution in [0.3, 0.4) is 0 Å². The van der Waals surface area contributed by atoms with E-state index >= 15 is 0 Å². The van der Waals surface area contributed by atoms with Gasteiger partial charge in [-0.2, -0.15) is 0 Å². The van der Waals surface area contributed by atoms with Gasteiger partial charge < -0.3 is 25.7 Å². The Morgan fingerprint density at radius 1 is 0.338 bits per heavy atom. The zero-order chi connectivity index (χ0) is 51.6. The topological polar surface area (TPSA) is 110 Å². The van der Waals surface area contributed by atoms with Crippen molar-refractivity contribution in [2.24, 2.45) is 0 Å². The summed E-state index contributed by atoms with van der Waals surface area (Å²) in [6.45, 7) is 4.04. The molecule has 0 radical (unpaired) electrons. The molecule has 4 atom stereocenters. The quantitative estimate of drug-likeness (QED) is 0.0308. The van der Waals surface area contributed by atoms with Crippen LogP contribution in [-0.2, 0) is 4.79 Å². The minimum atomic E-state index is -1.29. The first-order chi connectivity index (χ1) is 35.0. The van der Waals surface area contributed by atoms with Crippen LogP contribution in [-0.4, -0.2) is 57.3 Å². The number of hydrogen-bond donors (Lipinski definition) is 5. The van der Waals surface area contributed by atoms with E-state index in [2.05, 4.69) is 67.8 Å². The number of aliphatic hydroxyl groups excluding tert-OH is 4. The summed E-state index contributed by atoms with van der Waals surface area (Å²) in [6.07, 6.45) is 76.5. The molecule has 0 aromatic heterocycles. The average Bonchev–Trinajstić information content (AvgIpc) is 3.38. The van der Waals surface area contributed by atoms with Gasteiger partial charge in [0, 0.05) is 0 Å². The van der Waals surface area contributed by atoms with Crippen molar-refractivity contribution in [1.29, 1.82) is 0 Å². The van der Waals surface area contributed by atoms with Gasteiger partial charge in [-0.25, -0.2) is 0 Å². The lowest BCUT2D eigenvalue weighted by molar-refractivity contribution is -0.132. The van der Waals surface area contributed by atoms with Gasteiger partial charge in [0.25, 0.3) is 0 Å². The molecule has 0 fully saturated rings. The molecule has 0 aromatic carbocycles. The largest absolute Gasteiger partial charge is 0.394 e. The fourth-order valence-electron chi connectivity index (χ4n) is 9.79. The molecule has 0 aliphatic rings. The van der Waals surface area contributed by atoms with Gasteiger partial charge in [-0.05, 0) is 89.9 Å². The SMILES string of the molecule is CCCCCC/C=C/CC/C=C/CC/C=C/CCCC(O)C(O)C(CO)NC(=O)C(O)CCCCCCCCCCCCCCCCCC/C=C\CCCCCCCCCCCCCCCCCCCC. The third kappa shape index (κ3) is 52.9. The first-order valence-corrected chi connectivity index (χ1v) is 31.5. The highest BCUT2D eigenvalue weighted by atomic mass is 16.3. The van der Waals surface area contributed by atoms with E-state index < -0.39 is 36.9 Å². The van der Waals surface area contributed by atoms with Gasteiger partial charge >= 0.3 is 0 Å². The highest BCUT2D eigenvalue weighted by Gasteiger charge is 2.28. The second-order valence-corrected chi connectivity index (χ2v) is 21.7. The van der Waals surface area contributed by atoms with Crippen LogP contribution in [0.2, 0.25) is 0 Å². The van der Waals surface area contributed by atoms with E-state index in [0.717, 1.165) is 51.4 Å². The molecule has 0 rings (SSSR count). The average molecular weight is 999 g/mol. The molecule has 0 spiro atoms. The molecule has 71 heavy (non-hydrogen) atoms. The number of unbranched alkanes of at least 4 members (excludes halogenated alkanes) is 41. The second-order valence-electron chi connectivity index (χ2n) is 21.7. The number of rotatable bonds is 58. The molecule has 0 aromatic rings. The van der Waals surface area contributed by atoms with Crippen LogP contribution in [0.25, 0.3) is 0 Å². The third-order valence-electron chi connectivity index (χ3n) is 14.7. The molecule has 0 heterocycles. The molecule has 5 N–H and O–H groups in total. The molecule has 1 amide bonds. The number of nitrogens with one attached hydrogen (secondary N) is 1. The van der Waals surface area contributed by atoms with Crippen molar-refractivity contribution in [3.63, 3.8) is 0 Å². The van der Waals surface area contributed by atoms with E-state index in [1.165, 1.54) is 244 Å². The van der Waals surface area contributed by atoms with Crippen LogP contribution in [0.4, 0.5) is 0 Å². The minimum Gasteiger partial charge on any atom is -0.394 e. The van der Waals surface area contributed by atoms with E-state index in [1.54, 1.807) is 0 Å². The fourth-order valence-corrected chi connectivity index (χ4v) is 9.79. The molecular formula is C65H123NO5. The number of allylic oxidation sites excluding steroid dienone is 8. The normalized spacial score (nSPS) is 13.9. The van der Waals surface area contributed by atoms with Crippen LogP contribution >= 0.6 is 0 Å². The highest BCUT2D eigenvalue weighted by Crippen LogP contribution is 2.18. The first kappa shape index (κ1) is 69.3. The molecule has 0 aliphatic heterocycles. The lowest BCUT2D eigenvalue weighted by Crippen LogP contribution is -2.53. The van der Waals surface area contributed by atoms with Crippen molar-refractivity contribution in [2.45, 2.75) is 353 Å². The summed E-state index contributed by atoms with van der Waals surface area (Å²) in [5.74, 6) is -0.597. The highest BCUT2D eigenvalue weighted by molar-refractivity contribution is 5.80. The van der Waals surface area contributed by atoms with Crippen molar-refractivity contribution in [2.75, 3.05) is 6.61 Å². The summed E-state index contributed by atoms with van der Waals surface area (Å²) < 4.78 is 0. The van der Waals surface area contributed by atoms with Gasteiger partial charge in [-0.3, -0.25) is 4.79 Å². The Morgan fingerprint density at radius 2 is 0.592 bits per heavy atom. The van der Waals surface area contributed by atoms with E-state index in [1.807, 2.05) is 0 Å². The zero-order valence-electron chi connectivity index (χ0n) is 47.5. The molecule has 0 saturated heterocycles. The van der Waals surface area contributed by atoms with Crippen molar-refractivity contribution in [3.8, 4) is 0 Å². The predicted molar refractivity (Wildman–Crippen MR) is 311 cm³/mol. The molecule has 0 bridgehead atoms. The number of carbonyl (C=O) groups excluding carboxylic acids is 1. The van der Waals surface area contributed by atoms with Crippen molar-refractivity contribution < 1.29 is 25.2 Å². The Bertz CT molecular complexity index is 1170. The lowest BCUT2D eigenvalue weighted by atomic mass is 10.00. The Morgan fingerprint density at radius 3 is 0.901 bits per heavy atom. The van der Waals surface area contributed by atoms with E-state index in [4.69, 9.17) is 0 Å². The summed E-state index contributed by atoms with van der Waals surface area (Å²) in [5, 5.41) is 43.9. The number of carbonyl (C=O) groups is 1. The number of hydrogen-bond acceptors (Lipinski definition) is 5. The van der Waals surface area contributed by atoms with Crippen LogP contribution in [0.1, 0.15) is 328 Å². The van der Waals surface area contributed by atoms with E-state index in [9.17, 15) is 25.2 Å². The van der Waals surface area contributed by atoms with Crippen LogP contribution in [0.15, 0.2) is 48.6 Å². The van der Waals surface area contributed by atoms with Gasteiger partial charge in [0.05, 0.1) is 18.8 Å². The Balaban J connectivity index is 3.55. The second kappa shape index (κ2) is 59.2. The molecule has 0 aliphatic carbocycles. The maximum absolute atomic E-state index is 12.6. The molecule has 418 valence electrons. The van der Waals surface area contributed by atoms with Gasteiger partial charge in [0.15, 0.2) is 0 Å². The Labute approximate surface area is 442 Å². The van der Waals surface area contributed by atoms with Gasteiger partial charge in [0.2, 0.25) is 5.91 Å². The molecule has 0 saturated carbocycles. The van der Waals surface area contributed by atoms with E-state index in [0.29, 0.717) is 19.3 Å². The molecular weight excluding hydrogens is 875 g/mol. The molecule has 6 nitrogen and oxygen atoms in total. The maximum atomic E-state index is 12.6. The Kier molecular flexibility index (Phi) is 57.7. The summed E-state index contributed by atoms with van der Waals surface area (Å²) in [7, 11) is 0. The van der Waals surface area contributed by atoms with Crippen molar-refractivity contribution >= 4 is 5.91 Å².